The maximum atomic E-state index is 11.2. The van der Waals surface area contributed by atoms with Crippen LogP contribution >= 0.6 is 15.9 Å². The molecule has 1 aromatic rings. The van der Waals surface area contributed by atoms with Crippen molar-refractivity contribution in [3.63, 3.8) is 0 Å². The fraction of sp³-hybridized carbons (Fsp3) is 0.273. The number of Topliss-reactive ketones (excluding diaryl/α,β-unsaturated/α-hetero) is 1. The summed E-state index contributed by atoms with van der Waals surface area (Å²) in [5, 5.41) is 5.11. The van der Waals surface area contributed by atoms with Gasteiger partial charge in [0.15, 0.2) is 0 Å². The summed E-state index contributed by atoms with van der Waals surface area (Å²) in [4.78, 5) is 21.8. The largest absolute Gasteiger partial charge is 0.334 e. The molecule has 0 spiro atoms. The van der Waals surface area contributed by atoms with E-state index in [1.165, 1.54) is 6.92 Å². The number of benzene rings is 1. The molecule has 2 N–H and O–H groups in total. The molecule has 5 heteroatoms. The molecule has 0 bridgehead atoms. The zero-order valence-electron chi connectivity index (χ0n) is 8.92. The molecular formula is C11H13BrN2O2. The fourth-order valence-electron chi connectivity index (χ4n) is 1.05. The van der Waals surface area contributed by atoms with Crippen LogP contribution in [0.2, 0.25) is 0 Å². The number of urea groups is 1. The number of hydrogen-bond acceptors (Lipinski definition) is 2. The molecule has 0 radical (unpaired) electrons. The molecule has 0 saturated carbocycles. The standard InChI is InChI=1S/C11H13BrN2O2/c1-8(15)6-13-11(16)14-7-9-2-4-10(12)5-3-9/h2-5H,6-7H2,1H3,(H2,13,14,16). The van der Waals surface area contributed by atoms with Crippen molar-refractivity contribution in [1.82, 2.24) is 10.6 Å². The van der Waals surface area contributed by atoms with Gasteiger partial charge in [0.25, 0.3) is 0 Å². The Labute approximate surface area is 103 Å². The molecule has 0 aliphatic heterocycles. The summed E-state index contributed by atoms with van der Waals surface area (Å²) in [7, 11) is 0. The van der Waals surface area contributed by atoms with E-state index in [9.17, 15) is 9.59 Å². The molecule has 0 aromatic heterocycles. The topological polar surface area (TPSA) is 58.2 Å². The number of amides is 2. The predicted octanol–water partition coefficient (Wildman–Crippen LogP) is 1.84. The quantitative estimate of drug-likeness (QED) is 0.886. The van der Waals surface area contributed by atoms with E-state index in [1.54, 1.807) is 0 Å². The van der Waals surface area contributed by atoms with E-state index in [4.69, 9.17) is 0 Å². The number of nitrogens with one attached hydrogen (secondary N) is 2. The number of hydrogen-bond donors (Lipinski definition) is 2. The van der Waals surface area contributed by atoms with Crippen molar-refractivity contribution in [3.05, 3.63) is 34.3 Å². The summed E-state index contributed by atoms with van der Waals surface area (Å²) in [6, 6.07) is 7.30. The first-order valence-electron chi connectivity index (χ1n) is 4.83. The van der Waals surface area contributed by atoms with E-state index >= 15 is 0 Å². The zero-order chi connectivity index (χ0) is 12.0. The molecule has 1 aromatic carbocycles. The molecule has 1 rings (SSSR count). The van der Waals surface area contributed by atoms with Gasteiger partial charge < -0.3 is 10.6 Å². The van der Waals surface area contributed by atoms with Crippen LogP contribution in [0.3, 0.4) is 0 Å². The molecular weight excluding hydrogens is 272 g/mol. The lowest BCUT2D eigenvalue weighted by Crippen LogP contribution is -2.37. The fourth-order valence-corrected chi connectivity index (χ4v) is 1.32. The first-order chi connectivity index (χ1) is 7.58. The highest BCUT2D eigenvalue weighted by Gasteiger charge is 2.01. The van der Waals surface area contributed by atoms with Gasteiger partial charge in [0.2, 0.25) is 0 Å². The van der Waals surface area contributed by atoms with Crippen molar-refractivity contribution in [2.45, 2.75) is 13.5 Å². The molecule has 0 fully saturated rings. The van der Waals surface area contributed by atoms with Crippen molar-refractivity contribution >= 4 is 27.7 Å². The molecule has 4 nitrogen and oxygen atoms in total. The first-order valence-corrected chi connectivity index (χ1v) is 5.63. The number of carbonyl (C=O) groups is 2. The lowest BCUT2D eigenvalue weighted by molar-refractivity contribution is -0.116. The van der Waals surface area contributed by atoms with Crippen LogP contribution < -0.4 is 10.6 Å². The second kappa shape index (κ2) is 6.27. The smallest absolute Gasteiger partial charge is 0.315 e. The van der Waals surface area contributed by atoms with Gasteiger partial charge in [-0.2, -0.15) is 0 Å². The lowest BCUT2D eigenvalue weighted by atomic mass is 10.2. The Morgan fingerprint density at radius 3 is 2.38 bits per heavy atom. The summed E-state index contributed by atoms with van der Waals surface area (Å²) in [5.74, 6) is -0.0706. The highest BCUT2D eigenvalue weighted by Crippen LogP contribution is 2.09. The average molecular weight is 285 g/mol. The van der Waals surface area contributed by atoms with Crippen LogP contribution in [0.5, 0.6) is 0 Å². The highest BCUT2D eigenvalue weighted by atomic mass is 79.9. The summed E-state index contributed by atoms with van der Waals surface area (Å²) in [6.45, 7) is 1.93. The van der Waals surface area contributed by atoms with Crippen molar-refractivity contribution in [3.8, 4) is 0 Å². The van der Waals surface area contributed by atoms with E-state index in [2.05, 4.69) is 26.6 Å². The minimum absolute atomic E-state index is 0.0617. The Hall–Kier alpha value is -1.36. The highest BCUT2D eigenvalue weighted by molar-refractivity contribution is 9.10. The van der Waals surface area contributed by atoms with Crippen molar-refractivity contribution in [2.75, 3.05) is 6.54 Å². The first kappa shape index (κ1) is 12.7. The van der Waals surface area contributed by atoms with E-state index in [1.807, 2.05) is 24.3 Å². The maximum absolute atomic E-state index is 11.2. The van der Waals surface area contributed by atoms with Gasteiger partial charge in [0, 0.05) is 11.0 Å². The predicted molar refractivity (Wildman–Crippen MR) is 65.1 cm³/mol. The molecule has 0 heterocycles. The Kier molecular flexibility index (Phi) is 4.98. The molecule has 0 unspecified atom stereocenters. The monoisotopic (exact) mass is 284 g/mol. The van der Waals surface area contributed by atoms with Crippen LogP contribution in [0.25, 0.3) is 0 Å². The van der Waals surface area contributed by atoms with Crippen LogP contribution in [0.4, 0.5) is 4.79 Å². The van der Waals surface area contributed by atoms with Gasteiger partial charge in [0.05, 0.1) is 6.54 Å². The number of halogens is 1. The van der Waals surface area contributed by atoms with Gasteiger partial charge >= 0.3 is 6.03 Å². The number of carbonyl (C=O) groups excluding carboxylic acids is 2. The average Bonchev–Trinajstić information content (AvgIpc) is 2.25. The minimum Gasteiger partial charge on any atom is -0.334 e. The maximum Gasteiger partial charge on any atom is 0.315 e. The van der Waals surface area contributed by atoms with Crippen LogP contribution in [-0.2, 0) is 11.3 Å². The third-order valence-corrected chi connectivity index (χ3v) is 2.39. The number of rotatable bonds is 4. The molecule has 0 aliphatic rings. The second-order valence-electron chi connectivity index (χ2n) is 3.36. The Morgan fingerprint density at radius 2 is 1.81 bits per heavy atom. The summed E-state index contributed by atoms with van der Waals surface area (Å²) in [6.07, 6.45) is 0. The second-order valence-corrected chi connectivity index (χ2v) is 4.28. The van der Waals surface area contributed by atoms with Crippen molar-refractivity contribution < 1.29 is 9.59 Å². The SMILES string of the molecule is CC(=O)CNC(=O)NCc1ccc(Br)cc1. The van der Waals surface area contributed by atoms with Gasteiger partial charge in [-0.25, -0.2) is 4.79 Å². The van der Waals surface area contributed by atoms with E-state index in [0.717, 1.165) is 10.0 Å². The third kappa shape index (κ3) is 4.93. The van der Waals surface area contributed by atoms with E-state index in [0.29, 0.717) is 6.54 Å². The van der Waals surface area contributed by atoms with Crippen LogP contribution in [0.1, 0.15) is 12.5 Å². The Morgan fingerprint density at radius 1 is 1.19 bits per heavy atom. The number of ketones is 1. The van der Waals surface area contributed by atoms with Crippen molar-refractivity contribution in [2.24, 2.45) is 0 Å². The molecule has 86 valence electrons. The van der Waals surface area contributed by atoms with Crippen molar-refractivity contribution in [1.29, 1.82) is 0 Å². The van der Waals surface area contributed by atoms with Crippen LogP contribution in [0.15, 0.2) is 28.7 Å². The summed E-state index contributed by atoms with van der Waals surface area (Å²) >= 11 is 3.33. The van der Waals surface area contributed by atoms with E-state index in [-0.39, 0.29) is 18.4 Å². The molecule has 0 atom stereocenters. The van der Waals surface area contributed by atoms with Crippen LogP contribution in [0, 0.1) is 0 Å². The Balaban J connectivity index is 2.31. The Bertz CT molecular complexity index is 376. The van der Waals surface area contributed by atoms with Gasteiger partial charge in [-0.15, -0.1) is 0 Å². The molecule has 0 aliphatic carbocycles. The van der Waals surface area contributed by atoms with Gasteiger partial charge in [-0.3, -0.25) is 4.79 Å². The van der Waals surface area contributed by atoms with Crippen LogP contribution in [-0.4, -0.2) is 18.4 Å². The summed E-state index contributed by atoms with van der Waals surface area (Å²) < 4.78 is 0.997. The third-order valence-electron chi connectivity index (χ3n) is 1.86. The molecule has 0 saturated heterocycles. The van der Waals surface area contributed by atoms with E-state index < -0.39 is 0 Å². The minimum atomic E-state index is -0.335. The molecule has 16 heavy (non-hydrogen) atoms. The van der Waals surface area contributed by atoms with Gasteiger partial charge in [0.1, 0.15) is 5.78 Å². The lowest BCUT2D eigenvalue weighted by Gasteiger charge is -2.06. The molecule has 2 amide bonds. The zero-order valence-corrected chi connectivity index (χ0v) is 10.5. The van der Waals surface area contributed by atoms with Gasteiger partial charge in [-0.05, 0) is 24.6 Å². The van der Waals surface area contributed by atoms with Gasteiger partial charge in [-0.1, -0.05) is 28.1 Å². The normalized spacial score (nSPS) is 9.62. The summed E-state index contributed by atoms with van der Waals surface area (Å²) in [5.41, 5.74) is 1.00.